The highest BCUT2D eigenvalue weighted by Gasteiger charge is 2.56. The Labute approximate surface area is 90.0 Å². The van der Waals surface area contributed by atoms with Crippen LogP contribution in [0.5, 0.6) is 5.75 Å². The van der Waals surface area contributed by atoms with E-state index in [-0.39, 0.29) is 0 Å². The second-order valence-electron chi connectivity index (χ2n) is 3.75. The van der Waals surface area contributed by atoms with E-state index in [1.54, 1.807) is 21.3 Å². The lowest BCUT2D eigenvalue weighted by Crippen LogP contribution is -2.16. The van der Waals surface area contributed by atoms with Crippen LogP contribution < -0.4 is 4.74 Å². The molecule has 0 bridgehead atoms. The molecule has 0 unspecified atom stereocenters. The van der Waals surface area contributed by atoms with E-state index < -0.39 is 5.79 Å². The third-order valence-electron chi connectivity index (χ3n) is 3.07. The van der Waals surface area contributed by atoms with Gasteiger partial charge in [-0.1, -0.05) is 12.1 Å². The maximum Gasteiger partial charge on any atom is 0.175 e. The fourth-order valence-corrected chi connectivity index (χ4v) is 1.97. The summed E-state index contributed by atoms with van der Waals surface area (Å²) in [6.07, 6.45) is 0.923. The van der Waals surface area contributed by atoms with Crippen LogP contribution in [0.15, 0.2) is 24.3 Å². The van der Waals surface area contributed by atoms with Crippen LogP contribution in [0.3, 0.4) is 0 Å². The van der Waals surface area contributed by atoms with E-state index in [4.69, 9.17) is 14.2 Å². The molecule has 1 aromatic carbocycles. The number of hydrogen-bond donors (Lipinski definition) is 0. The van der Waals surface area contributed by atoms with Crippen LogP contribution in [0.2, 0.25) is 0 Å². The van der Waals surface area contributed by atoms with Gasteiger partial charge < -0.3 is 14.2 Å². The van der Waals surface area contributed by atoms with Gasteiger partial charge in [-0.3, -0.25) is 0 Å². The topological polar surface area (TPSA) is 27.7 Å². The summed E-state index contributed by atoms with van der Waals surface area (Å²) < 4.78 is 15.8. The Morgan fingerprint density at radius 1 is 1.07 bits per heavy atom. The summed E-state index contributed by atoms with van der Waals surface area (Å²) in [7, 11) is 5.04. The molecule has 82 valence electrons. The van der Waals surface area contributed by atoms with Crippen molar-refractivity contribution in [3.05, 3.63) is 29.8 Å². The highest BCUT2D eigenvalue weighted by atomic mass is 16.7. The smallest absolute Gasteiger partial charge is 0.175 e. The monoisotopic (exact) mass is 208 g/mol. The zero-order chi connectivity index (χ0) is 10.9. The maximum absolute atomic E-state index is 5.37. The Kier molecular flexibility index (Phi) is 2.67. The lowest BCUT2D eigenvalue weighted by atomic mass is 10.1. The van der Waals surface area contributed by atoms with Gasteiger partial charge >= 0.3 is 0 Å². The quantitative estimate of drug-likeness (QED) is 0.710. The van der Waals surface area contributed by atoms with E-state index >= 15 is 0 Å². The van der Waals surface area contributed by atoms with Gasteiger partial charge in [0.15, 0.2) is 5.79 Å². The lowest BCUT2D eigenvalue weighted by molar-refractivity contribution is -0.132. The molecule has 0 heterocycles. The fourth-order valence-electron chi connectivity index (χ4n) is 1.97. The lowest BCUT2D eigenvalue weighted by Gasteiger charge is -2.13. The minimum absolute atomic E-state index is 0.346. The van der Waals surface area contributed by atoms with Crippen molar-refractivity contribution in [1.82, 2.24) is 0 Å². The number of methoxy groups -OCH3 is 3. The zero-order valence-corrected chi connectivity index (χ0v) is 9.32. The van der Waals surface area contributed by atoms with Crippen molar-refractivity contribution in [1.29, 1.82) is 0 Å². The third kappa shape index (κ3) is 1.73. The van der Waals surface area contributed by atoms with E-state index in [0.29, 0.717) is 5.92 Å². The molecule has 1 fully saturated rings. The van der Waals surface area contributed by atoms with Gasteiger partial charge in [0.25, 0.3) is 0 Å². The molecular formula is C12H16O3. The van der Waals surface area contributed by atoms with Gasteiger partial charge in [-0.2, -0.15) is 0 Å². The van der Waals surface area contributed by atoms with Gasteiger partial charge in [-0.05, 0) is 17.7 Å². The van der Waals surface area contributed by atoms with Gasteiger partial charge in [-0.25, -0.2) is 0 Å². The van der Waals surface area contributed by atoms with Crippen molar-refractivity contribution >= 4 is 0 Å². The van der Waals surface area contributed by atoms with Crippen LogP contribution >= 0.6 is 0 Å². The average molecular weight is 208 g/mol. The highest BCUT2D eigenvalue weighted by Crippen LogP contribution is 2.54. The number of rotatable bonds is 4. The first-order chi connectivity index (χ1) is 7.25. The first kappa shape index (κ1) is 10.5. The van der Waals surface area contributed by atoms with Gasteiger partial charge in [0.05, 0.1) is 7.11 Å². The summed E-state index contributed by atoms with van der Waals surface area (Å²) >= 11 is 0. The first-order valence-electron chi connectivity index (χ1n) is 5.00. The summed E-state index contributed by atoms with van der Waals surface area (Å²) in [6, 6.07) is 8.04. The van der Waals surface area contributed by atoms with E-state index in [0.717, 1.165) is 12.2 Å². The molecular weight excluding hydrogens is 192 g/mol. The van der Waals surface area contributed by atoms with E-state index in [1.807, 2.05) is 12.1 Å². The van der Waals surface area contributed by atoms with Gasteiger partial charge in [0.1, 0.15) is 5.75 Å². The Hall–Kier alpha value is -1.06. The fraction of sp³-hybridized carbons (Fsp3) is 0.500. The first-order valence-corrected chi connectivity index (χ1v) is 5.00. The molecule has 0 N–H and O–H groups in total. The van der Waals surface area contributed by atoms with Crippen molar-refractivity contribution in [2.75, 3.05) is 21.3 Å². The van der Waals surface area contributed by atoms with Crippen LogP contribution in [0.25, 0.3) is 0 Å². The highest BCUT2D eigenvalue weighted by molar-refractivity contribution is 5.34. The third-order valence-corrected chi connectivity index (χ3v) is 3.07. The van der Waals surface area contributed by atoms with E-state index in [2.05, 4.69) is 12.1 Å². The Bertz CT molecular complexity index is 327. The molecule has 0 saturated heterocycles. The molecule has 1 aliphatic rings. The van der Waals surface area contributed by atoms with E-state index in [1.165, 1.54) is 5.56 Å². The summed E-state index contributed by atoms with van der Waals surface area (Å²) in [4.78, 5) is 0. The van der Waals surface area contributed by atoms with Crippen LogP contribution in [0, 0.1) is 0 Å². The number of ether oxygens (including phenoxy) is 3. The summed E-state index contributed by atoms with van der Waals surface area (Å²) in [5.41, 5.74) is 1.24. The van der Waals surface area contributed by atoms with Crippen LogP contribution in [0.4, 0.5) is 0 Å². The molecule has 0 aromatic heterocycles. The summed E-state index contributed by atoms with van der Waals surface area (Å²) in [5.74, 6) is 0.826. The second kappa shape index (κ2) is 3.83. The molecule has 0 aliphatic heterocycles. The maximum atomic E-state index is 5.37. The van der Waals surface area contributed by atoms with Crippen LogP contribution in [-0.4, -0.2) is 27.1 Å². The Morgan fingerprint density at radius 3 is 2.07 bits per heavy atom. The van der Waals surface area contributed by atoms with Crippen LogP contribution in [-0.2, 0) is 9.47 Å². The molecule has 3 nitrogen and oxygen atoms in total. The molecule has 1 atom stereocenters. The van der Waals surface area contributed by atoms with Crippen molar-refractivity contribution in [2.24, 2.45) is 0 Å². The van der Waals surface area contributed by atoms with Gasteiger partial charge in [0.2, 0.25) is 0 Å². The minimum atomic E-state index is -0.394. The molecule has 0 radical (unpaired) electrons. The molecule has 0 spiro atoms. The van der Waals surface area contributed by atoms with Crippen molar-refractivity contribution in [3.8, 4) is 5.75 Å². The van der Waals surface area contributed by atoms with Crippen molar-refractivity contribution in [3.63, 3.8) is 0 Å². The van der Waals surface area contributed by atoms with Crippen molar-refractivity contribution < 1.29 is 14.2 Å². The molecule has 3 heteroatoms. The molecule has 1 saturated carbocycles. The number of hydrogen-bond acceptors (Lipinski definition) is 3. The second-order valence-corrected chi connectivity index (χ2v) is 3.75. The summed E-state index contributed by atoms with van der Waals surface area (Å²) in [6.45, 7) is 0. The SMILES string of the molecule is COc1ccc([C@H]2CC2(OC)OC)cc1. The van der Waals surface area contributed by atoms with Crippen LogP contribution in [0.1, 0.15) is 17.9 Å². The normalized spacial score (nSPS) is 22.5. The molecule has 15 heavy (non-hydrogen) atoms. The predicted molar refractivity (Wildman–Crippen MR) is 57.1 cm³/mol. The number of benzene rings is 1. The molecule has 1 aromatic rings. The molecule has 2 rings (SSSR count). The summed E-state index contributed by atoms with van der Waals surface area (Å²) in [5, 5.41) is 0. The van der Waals surface area contributed by atoms with Gasteiger partial charge in [0, 0.05) is 26.6 Å². The standard InChI is InChI=1S/C12H16O3/c1-13-10-6-4-9(5-7-10)11-8-12(11,14-2)15-3/h4-7,11H,8H2,1-3H3/t11-/m1/s1. The Balaban J connectivity index is 2.12. The van der Waals surface area contributed by atoms with Gasteiger partial charge in [-0.15, -0.1) is 0 Å². The molecule has 0 amide bonds. The predicted octanol–water partition coefficient (Wildman–Crippen LogP) is 2.17. The Morgan fingerprint density at radius 2 is 1.67 bits per heavy atom. The van der Waals surface area contributed by atoms with E-state index in [9.17, 15) is 0 Å². The average Bonchev–Trinajstić information content (AvgIpc) is 3.05. The van der Waals surface area contributed by atoms with Crippen molar-refractivity contribution in [2.45, 2.75) is 18.1 Å². The zero-order valence-electron chi connectivity index (χ0n) is 9.32. The largest absolute Gasteiger partial charge is 0.497 e. The minimum Gasteiger partial charge on any atom is -0.497 e. The molecule has 1 aliphatic carbocycles.